The minimum absolute atomic E-state index is 0.291. The van der Waals surface area contributed by atoms with E-state index in [0.717, 1.165) is 5.56 Å². The maximum atomic E-state index is 13.4. The highest BCUT2D eigenvalue weighted by atomic mass is 16.2. The van der Waals surface area contributed by atoms with Crippen molar-refractivity contribution in [1.82, 2.24) is 5.01 Å². The fourth-order valence-electron chi connectivity index (χ4n) is 4.52. The molecular weight excluding hydrogens is 380 g/mol. The first-order valence-corrected chi connectivity index (χ1v) is 9.86. The van der Waals surface area contributed by atoms with Crippen molar-refractivity contribution >= 4 is 35.3 Å². The number of hydrogen-bond donors (Lipinski definition) is 1. The number of nitrogens with one attached hydrogen (secondary N) is 1. The molecule has 3 aliphatic rings. The first-order chi connectivity index (χ1) is 14.6. The van der Waals surface area contributed by atoms with Crippen LogP contribution in [0.1, 0.15) is 5.56 Å². The highest BCUT2D eigenvalue weighted by molar-refractivity contribution is 6.24. The molecule has 3 amide bonds. The number of hydrazone groups is 1. The summed E-state index contributed by atoms with van der Waals surface area (Å²) in [5.74, 6) is -2.45. The Morgan fingerprint density at radius 1 is 0.967 bits per heavy atom. The lowest BCUT2D eigenvalue weighted by molar-refractivity contribution is -0.129. The van der Waals surface area contributed by atoms with Crippen LogP contribution < -0.4 is 10.2 Å². The van der Waals surface area contributed by atoms with Crippen LogP contribution in [0, 0.1) is 18.8 Å². The zero-order chi connectivity index (χ0) is 20.8. The lowest BCUT2D eigenvalue weighted by Crippen LogP contribution is -2.47. The smallest absolute Gasteiger partial charge is 0.249 e. The van der Waals surface area contributed by atoms with Crippen LogP contribution in [-0.4, -0.2) is 41.0 Å². The molecule has 0 aromatic heterocycles. The molecular formula is C23H20N4O3. The van der Waals surface area contributed by atoms with Crippen LogP contribution in [0.4, 0.5) is 11.4 Å². The van der Waals surface area contributed by atoms with Crippen LogP contribution in [0.2, 0.25) is 0 Å². The summed E-state index contributed by atoms with van der Waals surface area (Å²) in [5, 5.41) is 8.79. The Morgan fingerprint density at radius 3 is 2.40 bits per heavy atom. The van der Waals surface area contributed by atoms with Crippen molar-refractivity contribution in [2.24, 2.45) is 16.9 Å². The van der Waals surface area contributed by atoms with Crippen LogP contribution in [0.5, 0.6) is 0 Å². The summed E-state index contributed by atoms with van der Waals surface area (Å²) in [6.45, 7) is 1.94. The Kier molecular flexibility index (Phi) is 4.24. The van der Waals surface area contributed by atoms with Crippen molar-refractivity contribution < 1.29 is 14.4 Å². The second kappa shape index (κ2) is 6.95. The molecule has 5 rings (SSSR count). The lowest BCUT2D eigenvalue weighted by Gasteiger charge is -2.30. The van der Waals surface area contributed by atoms with Gasteiger partial charge in [0.2, 0.25) is 17.7 Å². The number of benzene rings is 2. The highest BCUT2D eigenvalue weighted by Crippen LogP contribution is 2.45. The van der Waals surface area contributed by atoms with Gasteiger partial charge in [-0.15, -0.1) is 0 Å². The fourth-order valence-corrected chi connectivity index (χ4v) is 4.52. The van der Waals surface area contributed by atoms with Gasteiger partial charge in [0.25, 0.3) is 0 Å². The maximum absolute atomic E-state index is 13.4. The molecule has 0 bridgehead atoms. The summed E-state index contributed by atoms with van der Waals surface area (Å²) in [7, 11) is 0. The molecule has 0 aliphatic carbocycles. The number of fused-ring (bicyclic) bond motifs is 3. The Balaban J connectivity index is 1.52. The van der Waals surface area contributed by atoms with Gasteiger partial charge in [-0.2, -0.15) is 5.10 Å². The van der Waals surface area contributed by atoms with Gasteiger partial charge in [-0.05, 0) is 37.3 Å². The maximum Gasteiger partial charge on any atom is 0.249 e. The number of para-hydroxylation sites is 1. The van der Waals surface area contributed by atoms with Crippen LogP contribution in [0.3, 0.4) is 0 Å². The van der Waals surface area contributed by atoms with Crippen molar-refractivity contribution in [3.8, 4) is 0 Å². The Hall–Kier alpha value is -3.74. The average Bonchev–Trinajstić information content (AvgIpc) is 3.23. The quantitative estimate of drug-likeness (QED) is 0.802. The largest absolute Gasteiger partial charge is 0.324 e. The summed E-state index contributed by atoms with van der Waals surface area (Å²) in [6.07, 6.45) is 5.17. The predicted octanol–water partition coefficient (Wildman–Crippen LogP) is 2.35. The number of amides is 3. The summed E-state index contributed by atoms with van der Waals surface area (Å²) < 4.78 is 0. The molecule has 4 atom stereocenters. The van der Waals surface area contributed by atoms with E-state index in [2.05, 4.69) is 10.4 Å². The average molecular weight is 400 g/mol. The molecule has 3 aliphatic heterocycles. The zero-order valence-electron chi connectivity index (χ0n) is 16.3. The number of hydrogen-bond acceptors (Lipinski definition) is 5. The molecule has 0 saturated carbocycles. The molecule has 2 aromatic rings. The number of nitrogens with zero attached hydrogens (tertiary/aromatic N) is 3. The van der Waals surface area contributed by atoms with E-state index in [-0.39, 0.29) is 17.7 Å². The monoisotopic (exact) mass is 400 g/mol. The molecule has 2 saturated heterocycles. The lowest BCUT2D eigenvalue weighted by atomic mass is 9.88. The summed E-state index contributed by atoms with van der Waals surface area (Å²) in [6, 6.07) is 15.0. The Labute approximate surface area is 173 Å². The number of rotatable bonds is 3. The number of aryl methyl sites for hydroxylation is 1. The van der Waals surface area contributed by atoms with Gasteiger partial charge in [0.15, 0.2) is 0 Å². The first-order valence-electron chi connectivity index (χ1n) is 9.86. The van der Waals surface area contributed by atoms with E-state index in [9.17, 15) is 14.4 Å². The van der Waals surface area contributed by atoms with Crippen LogP contribution in [-0.2, 0) is 14.4 Å². The number of allylic oxidation sites excluding steroid dienone is 1. The minimum atomic E-state index is -0.867. The third-order valence-electron chi connectivity index (χ3n) is 5.89. The van der Waals surface area contributed by atoms with Crippen LogP contribution in [0.15, 0.2) is 71.9 Å². The minimum Gasteiger partial charge on any atom is -0.324 e. The molecule has 1 N–H and O–H groups in total. The molecule has 7 heteroatoms. The third kappa shape index (κ3) is 2.74. The van der Waals surface area contributed by atoms with Crippen molar-refractivity contribution in [1.29, 1.82) is 0 Å². The molecule has 150 valence electrons. The van der Waals surface area contributed by atoms with Crippen molar-refractivity contribution in [3.63, 3.8) is 0 Å². The molecule has 3 heterocycles. The van der Waals surface area contributed by atoms with Gasteiger partial charge in [0, 0.05) is 11.9 Å². The van der Waals surface area contributed by atoms with E-state index in [1.807, 2.05) is 43.3 Å². The van der Waals surface area contributed by atoms with E-state index in [1.165, 1.54) is 4.90 Å². The van der Waals surface area contributed by atoms with E-state index in [4.69, 9.17) is 0 Å². The summed E-state index contributed by atoms with van der Waals surface area (Å²) >= 11 is 0. The SMILES string of the molecule is Cc1ccc(N2C(=O)[C@@H]3[C@H](C2=O)[C@H](C(=O)Nc2ccccc2)N2N=CC=C[C@@H]32)cc1. The van der Waals surface area contributed by atoms with Gasteiger partial charge in [-0.25, -0.2) is 4.90 Å². The van der Waals surface area contributed by atoms with Gasteiger partial charge >= 0.3 is 0 Å². The van der Waals surface area contributed by atoms with E-state index in [0.29, 0.717) is 11.4 Å². The highest BCUT2D eigenvalue weighted by Gasteiger charge is 2.64. The Bertz CT molecular complexity index is 1080. The van der Waals surface area contributed by atoms with Crippen LogP contribution >= 0.6 is 0 Å². The zero-order valence-corrected chi connectivity index (χ0v) is 16.3. The molecule has 30 heavy (non-hydrogen) atoms. The summed E-state index contributed by atoms with van der Waals surface area (Å²) in [5.41, 5.74) is 2.20. The molecule has 2 fully saturated rings. The molecule has 7 nitrogen and oxygen atoms in total. The van der Waals surface area contributed by atoms with Gasteiger partial charge < -0.3 is 5.32 Å². The van der Waals surface area contributed by atoms with E-state index >= 15 is 0 Å². The topological polar surface area (TPSA) is 82.1 Å². The van der Waals surface area contributed by atoms with Crippen molar-refractivity contribution in [3.05, 3.63) is 72.3 Å². The van der Waals surface area contributed by atoms with Gasteiger partial charge in [-0.1, -0.05) is 42.0 Å². The van der Waals surface area contributed by atoms with Gasteiger partial charge in [0.05, 0.1) is 23.6 Å². The second-order valence-electron chi connectivity index (χ2n) is 7.72. The fraction of sp³-hybridized carbons (Fsp3) is 0.217. The second-order valence-corrected chi connectivity index (χ2v) is 7.72. The predicted molar refractivity (Wildman–Crippen MR) is 113 cm³/mol. The molecule has 0 radical (unpaired) electrons. The summed E-state index contributed by atoms with van der Waals surface area (Å²) in [4.78, 5) is 41.2. The molecule has 2 aromatic carbocycles. The number of carbonyl (C=O) groups excluding carboxylic acids is 3. The third-order valence-corrected chi connectivity index (χ3v) is 5.89. The van der Waals surface area contributed by atoms with Crippen LogP contribution in [0.25, 0.3) is 0 Å². The first kappa shape index (κ1) is 18.3. The number of anilines is 2. The normalized spacial score (nSPS) is 26.7. The number of carbonyl (C=O) groups is 3. The Morgan fingerprint density at radius 2 is 1.67 bits per heavy atom. The van der Waals surface area contributed by atoms with E-state index < -0.39 is 23.9 Å². The standard InChI is InChI=1S/C23H20N4O3/c1-14-9-11-16(12-10-14)26-22(29)18-17-8-5-13-24-27(17)20(19(18)23(26)30)21(28)25-15-6-3-2-4-7-15/h2-13,17-20H,1H3,(H,25,28)/t17-,18-,19-,20+/m0/s1. The van der Waals surface area contributed by atoms with Gasteiger partial charge in [-0.3, -0.25) is 19.4 Å². The van der Waals surface area contributed by atoms with Crippen molar-refractivity contribution in [2.45, 2.75) is 19.0 Å². The van der Waals surface area contributed by atoms with Crippen molar-refractivity contribution in [2.75, 3.05) is 10.2 Å². The molecule has 0 unspecified atom stereocenters. The molecule has 0 spiro atoms. The van der Waals surface area contributed by atoms with E-state index in [1.54, 1.807) is 41.6 Å². The van der Waals surface area contributed by atoms with Gasteiger partial charge in [0.1, 0.15) is 6.04 Å². The number of imide groups is 1.